The Morgan fingerprint density at radius 1 is 1.00 bits per heavy atom. The molecule has 0 bridgehead atoms. The molecule has 42 heavy (non-hydrogen) atoms. The summed E-state index contributed by atoms with van der Waals surface area (Å²) in [5.41, 5.74) is 0.747. The molecule has 0 fully saturated rings. The quantitative estimate of drug-likeness (QED) is 0.265. The minimum Gasteiger partial charge on any atom is -0.510 e. The number of aryl methyl sites for hydroxylation is 1. The van der Waals surface area contributed by atoms with Crippen LogP contribution in [0.15, 0.2) is 89.1 Å². The van der Waals surface area contributed by atoms with Crippen LogP contribution in [0.5, 0.6) is 0 Å². The fourth-order valence-corrected chi connectivity index (χ4v) is 7.69. The van der Waals surface area contributed by atoms with Crippen LogP contribution in [0, 0.1) is 18.3 Å². The largest absolute Gasteiger partial charge is 0.510 e. The van der Waals surface area contributed by atoms with Crippen molar-refractivity contribution in [1.29, 1.82) is 5.26 Å². The van der Waals surface area contributed by atoms with Gasteiger partial charge in [-0.3, -0.25) is 0 Å². The molecule has 1 N–H and O–H groups in total. The predicted octanol–water partition coefficient (Wildman–Crippen LogP) is 7.25. The number of aliphatic hydroxyl groups is 1. The normalized spacial score (nSPS) is 17.5. The number of cyclic esters (lactones) is 1. The zero-order valence-corrected chi connectivity index (χ0v) is 25.7. The Hall–Kier alpha value is -4.09. The molecule has 1 heterocycles. The maximum Gasteiger partial charge on any atom is 0.360 e. The van der Waals surface area contributed by atoms with Crippen LogP contribution in [0.2, 0.25) is 0 Å². The van der Waals surface area contributed by atoms with Gasteiger partial charge in [0.25, 0.3) is 10.0 Å². The first-order chi connectivity index (χ1) is 19.8. The van der Waals surface area contributed by atoms with Crippen molar-refractivity contribution in [2.45, 2.75) is 82.6 Å². The van der Waals surface area contributed by atoms with E-state index in [1.165, 1.54) is 12.1 Å². The third-order valence-electron chi connectivity index (χ3n) is 7.68. The van der Waals surface area contributed by atoms with E-state index in [9.17, 15) is 23.6 Å². The fourth-order valence-electron chi connectivity index (χ4n) is 5.95. The van der Waals surface area contributed by atoms with E-state index < -0.39 is 32.7 Å². The summed E-state index contributed by atoms with van der Waals surface area (Å²) in [4.78, 5) is 13.8. The lowest BCUT2D eigenvalue weighted by molar-refractivity contribution is -0.160. The smallest absolute Gasteiger partial charge is 0.360 e. The number of aliphatic hydroxyl groups excluding tert-OH is 1. The molecular weight excluding hydrogens is 548 g/mol. The van der Waals surface area contributed by atoms with E-state index in [1.54, 1.807) is 37.3 Å². The molecule has 8 heteroatoms. The van der Waals surface area contributed by atoms with Crippen molar-refractivity contribution >= 4 is 21.7 Å². The van der Waals surface area contributed by atoms with E-state index in [2.05, 4.69) is 6.07 Å². The number of rotatable bonds is 9. The van der Waals surface area contributed by atoms with Crippen LogP contribution in [-0.2, 0) is 31.4 Å². The monoisotopic (exact) mass is 586 g/mol. The van der Waals surface area contributed by atoms with Crippen molar-refractivity contribution in [3.05, 3.63) is 107 Å². The first-order valence-corrected chi connectivity index (χ1v) is 15.6. The Morgan fingerprint density at radius 3 is 2.17 bits per heavy atom. The zero-order chi connectivity index (χ0) is 30.7. The Kier molecular flexibility index (Phi) is 8.84. The van der Waals surface area contributed by atoms with Gasteiger partial charge in [0.05, 0.1) is 22.2 Å². The molecule has 1 aliphatic rings. The maximum absolute atomic E-state index is 14.5. The zero-order valence-electron chi connectivity index (χ0n) is 24.8. The van der Waals surface area contributed by atoms with Gasteiger partial charge in [0.2, 0.25) is 0 Å². The molecule has 220 valence electrons. The number of nitrogens with zero attached hydrogens (tertiary/aromatic N) is 2. The number of carbonyl (C=O) groups is 1. The SMILES string of the molecule is CCCC1(CCc2ccccc2)CC(O)=C(N(c2ccccc2)S(=O)(=O)c2ccc(C#N)c(C(C)(C)C)c2C)C(=O)O1. The highest BCUT2D eigenvalue weighted by Gasteiger charge is 2.46. The number of anilines is 1. The van der Waals surface area contributed by atoms with Crippen molar-refractivity contribution in [3.8, 4) is 6.07 Å². The Morgan fingerprint density at radius 2 is 1.62 bits per heavy atom. The van der Waals surface area contributed by atoms with Crippen molar-refractivity contribution in [2.24, 2.45) is 0 Å². The average Bonchev–Trinajstić information content (AvgIpc) is 2.94. The minimum absolute atomic E-state index is 0.00675. The number of carbonyl (C=O) groups excluding carboxylic acids is 1. The van der Waals surface area contributed by atoms with E-state index in [0.29, 0.717) is 42.4 Å². The Balaban J connectivity index is 1.86. The lowest BCUT2D eigenvalue weighted by atomic mass is 9.81. The number of nitriles is 1. The first kappa shape index (κ1) is 30.9. The van der Waals surface area contributed by atoms with Gasteiger partial charge >= 0.3 is 5.97 Å². The first-order valence-electron chi connectivity index (χ1n) is 14.2. The van der Waals surface area contributed by atoms with Gasteiger partial charge in [0.1, 0.15) is 11.4 Å². The number of esters is 1. The van der Waals surface area contributed by atoms with Crippen molar-refractivity contribution in [1.82, 2.24) is 0 Å². The number of para-hydroxylation sites is 1. The van der Waals surface area contributed by atoms with E-state index in [1.807, 2.05) is 58.0 Å². The predicted molar refractivity (Wildman–Crippen MR) is 163 cm³/mol. The summed E-state index contributed by atoms with van der Waals surface area (Å²) < 4.78 is 36.0. The topological polar surface area (TPSA) is 108 Å². The van der Waals surface area contributed by atoms with E-state index in [-0.39, 0.29) is 22.8 Å². The lowest BCUT2D eigenvalue weighted by Gasteiger charge is -2.39. The molecule has 3 aromatic rings. The second kappa shape index (κ2) is 12.0. The molecule has 0 spiro atoms. The van der Waals surface area contributed by atoms with Crippen molar-refractivity contribution in [2.75, 3.05) is 4.31 Å². The van der Waals surface area contributed by atoms with Gasteiger partial charge < -0.3 is 9.84 Å². The summed E-state index contributed by atoms with van der Waals surface area (Å²) in [5.74, 6) is -1.22. The molecular formula is C34H38N2O5S. The molecule has 0 saturated carbocycles. The highest BCUT2D eigenvalue weighted by atomic mass is 32.2. The average molecular weight is 587 g/mol. The summed E-state index contributed by atoms with van der Waals surface area (Å²) in [6.45, 7) is 9.39. The minimum atomic E-state index is -4.46. The molecule has 0 radical (unpaired) electrons. The van der Waals surface area contributed by atoms with E-state index in [0.717, 1.165) is 9.87 Å². The molecule has 0 aliphatic carbocycles. The summed E-state index contributed by atoms with van der Waals surface area (Å²) in [5, 5.41) is 21.3. The van der Waals surface area contributed by atoms with Crippen molar-refractivity contribution in [3.63, 3.8) is 0 Å². The maximum atomic E-state index is 14.5. The van der Waals surface area contributed by atoms with Crippen LogP contribution < -0.4 is 4.31 Å². The van der Waals surface area contributed by atoms with Crippen LogP contribution in [-0.4, -0.2) is 25.1 Å². The highest BCUT2D eigenvalue weighted by molar-refractivity contribution is 7.93. The van der Waals surface area contributed by atoms with Crippen LogP contribution in [0.1, 0.15) is 75.6 Å². The molecule has 0 amide bonds. The summed E-state index contributed by atoms with van der Waals surface area (Å²) in [7, 11) is -4.46. The molecule has 0 saturated heterocycles. The number of hydrogen-bond acceptors (Lipinski definition) is 6. The summed E-state index contributed by atoms with van der Waals surface area (Å²) >= 11 is 0. The molecule has 1 unspecified atom stereocenters. The van der Waals surface area contributed by atoms with Crippen LogP contribution in [0.25, 0.3) is 0 Å². The van der Waals surface area contributed by atoms with Crippen LogP contribution in [0.4, 0.5) is 5.69 Å². The standard InChI is InChI=1S/C34H38N2O5S/c1-6-20-34(21-19-25-13-9-7-10-14-25)22-28(37)31(32(38)41-34)36(27-15-11-8-12-16-27)42(39,40)29-18-17-26(23-35)30(24(29)2)33(3,4)5/h7-18,37H,6,19-22H2,1-5H3. The van der Waals surface area contributed by atoms with Gasteiger partial charge in [0, 0.05) is 6.42 Å². The van der Waals surface area contributed by atoms with Gasteiger partial charge in [-0.1, -0.05) is 82.6 Å². The second-order valence-corrected chi connectivity index (χ2v) is 13.6. The van der Waals surface area contributed by atoms with Gasteiger partial charge in [0.15, 0.2) is 5.70 Å². The van der Waals surface area contributed by atoms with E-state index in [4.69, 9.17) is 4.74 Å². The second-order valence-electron chi connectivity index (χ2n) is 11.9. The number of sulfonamides is 1. The molecule has 4 rings (SSSR count). The van der Waals surface area contributed by atoms with Gasteiger partial charge in [-0.15, -0.1) is 0 Å². The van der Waals surface area contributed by atoms with Crippen molar-refractivity contribution < 1.29 is 23.1 Å². The van der Waals surface area contributed by atoms with Gasteiger partial charge in [-0.2, -0.15) is 5.26 Å². The Bertz CT molecular complexity index is 1630. The fraction of sp³-hybridized carbons (Fsp3) is 0.353. The van der Waals surface area contributed by atoms with E-state index >= 15 is 0 Å². The number of benzene rings is 3. The summed E-state index contributed by atoms with van der Waals surface area (Å²) in [6.07, 6.45) is 2.34. The third-order valence-corrected chi connectivity index (χ3v) is 9.55. The highest BCUT2D eigenvalue weighted by Crippen LogP contribution is 2.42. The molecule has 7 nitrogen and oxygen atoms in total. The van der Waals surface area contributed by atoms with Gasteiger partial charge in [-0.05, 0) is 72.6 Å². The van der Waals surface area contributed by atoms with Crippen LogP contribution >= 0.6 is 0 Å². The molecule has 1 aliphatic heterocycles. The lowest BCUT2D eigenvalue weighted by Crippen LogP contribution is -2.46. The van der Waals surface area contributed by atoms with Gasteiger partial charge in [-0.25, -0.2) is 17.5 Å². The summed E-state index contributed by atoms with van der Waals surface area (Å²) in [6, 6.07) is 23.1. The third kappa shape index (κ3) is 6.07. The Labute approximate surface area is 249 Å². The molecule has 3 aromatic carbocycles. The molecule has 0 aromatic heterocycles. The number of ether oxygens (including phenoxy) is 1. The molecule has 1 atom stereocenters. The number of hydrogen-bond donors (Lipinski definition) is 1. The van der Waals surface area contributed by atoms with Crippen LogP contribution in [0.3, 0.4) is 0 Å².